The topological polar surface area (TPSA) is 32.7 Å². The van der Waals surface area contributed by atoms with Gasteiger partial charge in [-0.15, -0.1) is 0 Å². The average molecular weight is 255 g/mol. The van der Waals surface area contributed by atoms with Crippen LogP contribution in [0.3, 0.4) is 0 Å². The quantitative estimate of drug-likeness (QED) is 0.878. The lowest BCUT2D eigenvalue weighted by atomic mass is 10.0. The number of hydrogen-bond donors (Lipinski definition) is 1. The van der Waals surface area contributed by atoms with Crippen LogP contribution < -0.4 is 4.90 Å². The second-order valence-electron chi connectivity index (χ2n) is 4.75. The van der Waals surface area contributed by atoms with Crippen LogP contribution in [0.5, 0.6) is 0 Å². The predicted octanol–water partition coefficient (Wildman–Crippen LogP) is 2.66. The Hall–Kier alpha value is -1.13. The van der Waals surface area contributed by atoms with Crippen molar-refractivity contribution in [3.05, 3.63) is 29.1 Å². The predicted molar refractivity (Wildman–Crippen MR) is 71.5 cm³/mol. The van der Waals surface area contributed by atoms with Gasteiger partial charge in [0.2, 0.25) is 0 Å². The number of rotatable bonds is 5. The molecule has 1 unspecified atom stereocenters. The Morgan fingerprint density at radius 1 is 1.39 bits per heavy atom. The van der Waals surface area contributed by atoms with Gasteiger partial charge in [0.05, 0.1) is 12.7 Å². The van der Waals surface area contributed by atoms with Crippen molar-refractivity contribution >= 4 is 5.69 Å². The molecule has 0 saturated heterocycles. The minimum absolute atomic E-state index is 0.150. The highest BCUT2D eigenvalue weighted by Crippen LogP contribution is 2.29. The van der Waals surface area contributed by atoms with Gasteiger partial charge in [0, 0.05) is 31.5 Å². The lowest BCUT2D eigenvalue weighted by molar-refractivity contribution is 0.182. The molecule has 0 bridgehead atoms. The molecule has 3 nitrogen and oxygen atoms in total. The minimum Gasteiger partial charge on any atom is -0.389 e. The smallest absolute Gasteiger partial charge is 0.126 e. The van der Waals surface area contributed by atoms with Gasteiger partial charge in [-0.25, -0.2) is 4.39 Å². The van der Waals surface area contributed by atoms with Crippen LogP contribution in [0.25, 0.3) is 0 Å². The summed E-state index contributed by atoms with van der Waals surface area (Å²) in [5.74, 6) is -0.289. The summed E-state index contributed by atoms with van der Waals surface area (Å²) in [6.07, 6.45) is -0.702. The third-order valence-corrected chi connectivity index (χ3v) is 3.21. The summed E-state index contributed by atoms with van der Waals surface area (Å²) in [6, 6.07) is 3.33. The first-order chi connectivity index (χ1) is 8.38. The van der Waals surface area contributed by atoms with E-state index in [-0.39, 0.29) is 11.9 Å². The van der Waals surface area contributed by atoms with Gasteiger partial charge in [-0.05, 0) is 38.5 Å². The Labute approximate surface area is 108 Å². The van der Waals surface area contributed by atoms with Crippen molar-refractivity contribution in [3.63, 3.8) is 0 Å². The molecule has 18 heavy (non-hydrogen) atoms. The van der Waals surface area contributed by atoms with Gasteiger partial charge < -0.3 is 14.7 Å². The number of nitrogens with zero attached hydrogens (tertiary/aromatic N) is 1. The number of aliphatic hydroxyl groups excluding tert-OH is 1. The number of benzene rings is 1. The Kier molecular flexibility index (Phi) is 5.11. The van der Waals surface area contributed by atoms with Crippen molar-refractivity contribution in [2.45, 2.75) is 32.9 Å². The molecule has 0 aliphatic heterocycles. The SMILES string of the molecule is COCC(C)N(C)c1cc(C)c(F)cc1[C@H](C)O. The first-order valence-corrected chi connectivity index (χ1v) is 6.08. The van der Waals surface area contributed by atoms with Crippen molar-refractivity contribution in [2.75, 3.05) is 25.7 Å². The molecule has 1 aromatic carbocycles. The number of ether oxygens (including phenoxy) is 1. The van der Waals surface area contributed by atoms with E-state index >= 15 is 0 Å². The first-order valence-electron chi connectivity index (χ1n) is 6.08. The summed E-state index contributed by atoms with van der Waals surface area (Å²) in [4.78, 5) is 2.00. The summed E-state index contributed by atoms with van der Waals surface area (Å²) < 4.78 is 18.7. The van der Waals surface area contributed by atoms with E-state index in [2.05, 4.69) is 0 Å². The Morgan fingerprint density at radius 2 is 2.00 bits per heavy atom. The Balaban J connectivity index is 3.17. The highest BCUT2D eigenvalue weighted by atomic mass is 19.1. The fraction of sp³-hybridized carbons (Fsp3) is 0.571. The average Bonchev–Trinajstić information content (AvgIpc) is 2.31. The van der Waals surface area contributed by atoms with Gasteiger partial charge in [-0.3, -0.25) is 0 Å². The van der Waals surface area contributed by atoms with E-state index in [0.717, 1.165) is 5.69 Å². The maximum Gasteiger partial charge on any atom is 0.126 e. The van der Waals surface area contributed by atoms with Crippen molar-refractivity contribution in [1.29, 1.82) is 0 Å². The van der Waals surface area contributed by atoms with E-state index in [1.165, 1.54) is 6.07 Å². The molecule has 1 N–H and O–H groups in total. The third kappa shape index (κ3) is 3.21. The van der Waals surface area contributed by atoms with Gasteiger partial charge in [-0.2, -0.15) is 0 Å². The standard InChI is InChI=1S/C14H22FNO2/c1-9-6-14(16(4)10(2)8-18-5)12(11(3)17)7-13(9)15/h6-7,10-11,17H,8H2,1-5H3/t10?,11-/m0/s1. The summed E-state index contributed by atoms with van der Waals surface area (Å²) in [5, 5.41) is 9.76. The second-order valence-corrected chi connectivity index (χ2v) is 4.75. The molecule has 0 aromatic heterocycles. The molecule has 0 spiro atoms. The number of aryl methyl sites for hydroxylation is 1. The molecule has 1 aromatic rings. The first kappa shape index (κ1) is 14.9. The van der Waals surface area contributed by atoms with E-state index in [4.69, 9.17) is 4.74 Å². The van der Waals surface area contributed by atoms with Gasteiger partial charge in [-0.1, -0.05) is 0 Å². The molecule has 2 atom stereocenters. The summed E-state index contributed by atoms with van der Waals surface area (Å²) in [7, 11) is 3.57. The van der Waals surface area contributed by atoms with Crippen LogP contribution in [0.4, 0.5) is 10.1 Å². The molecule has 0 heterocycles. The zero-order valence-corrected chi connectivity index (χ0v) is 11.7. The highest BCUT2D eigenvalue weighted by molar-refractivity contribution is 5.56. The van der Waals surface area contributed by atoms with Crippen molar-refractivity contribution < 1.29 is 14.2 Å². The fourth-order valence-corrected chi connectivity index (χ4v) is 1.91. The third-order valence-electron chi connectivity index (χ3n) is 3.21. The van der Waals surface area contributed by atoms with Crippen LogP contribution in [0, 0.1) is 12.7 Å². The van der Waals surface area contributed by atoms with Gasteiger partial charge in [0.15, 0.2) is 0 Å². The maximum absolute atomic E-state index is 13.6. The van der Waals surface area contributed by atoms with Crippen LogP contribution in [0.2, 0.25) is 0 Å². The van der Waals surface area contributed by atoms with Gasteiger partial charge in [0.25, 0.3) is 0 Å². The van der Waals surface area contributed by atoms with Gasteiger partial charge in [0.1, 0.15) is 5.82 Å². The zero-order chi connectivity index (χ0) is 13.9. The number of hydrogen-bond acceptors (Lipinski definition) is 3. The molecule has 0 aliphatic rings. The Bertz CT molecular complexity index is 407. The van der Waals surface area contributed by atoms with Crippen LogP contribution in [0.1, 0.15) is 31.1 Å². The molecule has 0 aliphatic carbocycles. The second kappa shape index (κ2) is 6.16. The zero-order valence-electron chi connectivity index (χ0n) is 11.7. The summed E-state index contributed by atoms with van der Waals surface area (Å²) in [5.41, 5.74) is 2.02. The van der Waals surface area contributed by atoms with E-state index in [1.807, 2.05) is 18.9 Å². The molecule has 102 valence electrons. The van der Waals surface area contributed by atoms with Crippen LogP contribution in [-0.4, -0.2) is 31.9 Å². The summed E-state index contributed by atoms with van der Waals surface area (Å²) in [6.45, 7) is 5.96. The molecular weight excluding hydrogens is 233 g/mol. The number of likely N-dealkylation sites (N-methyl/N-ethyl adjacent to an activating group) is 1. The molecule has 4 heteroatoms. The fourth-order valence-electron chi connectivity index (χ4n) is 1.91. The van der Waals surface area contributed by atoms with E-state index in [9.17, 15) is 9.50 Å². The van der Waals surface area contributed by atoms with Gasteiger partial charge >= 0.3 is 0 Å². The van der Waals surface area contributed by atoms with Crippen molar-refractivity contribution in [1.82, 2.24) is 0 Å². The van der Waals surface area contributed by atoms with Crippen molar-refractivity contribution in [3.8, 4) is 0 Å². The van der Waals surface area contributed by atoms with Crippen LogP contribution in [-0.2, 0) is 4.74 Å². The van der Waals surface area contributed by atoms with E-state index < -0.39 is 6.10 Å². The number of halogens is 1. The lowest BCUT2D eigenvalue weighted by Crippen LogP contribution is -2.33. The largest absolute Gasteiger partial charge is 0.389 e. The monoisotopic (exact) mass is 255 g/mol. The van der Waals surface area contributed by atoms with E-state index in [0.29, 0.717) is 17.7 Å². The molecule has 0 radical (unpaired) electrons. The Morgan fingerprint density at radius 3 is 2.50 bits per heavy atom. The lowest BCUT2D eigenvalue weighted by Gasteiger charge is -2.29. The molecular formula is C14H22FNO2. The number of anilines is 1. The molecule has 1 rings (SSSR count). The maximum atomic E-state index is 13.6. The minimum atomic E-state index is -0.702. The van der Waals surface area contributed by atoms with Crippen LogP contribution >= 0.6 is 0 Å². The highest BCUT2D eigenvalue weighted by Gasteiger charge is 2.18. The van der Waals surface area contributed by atoms with E-state index in [1.54, 1.807) is 27.0 Å². The number of aliphatic hydroxyl groups is 1. The molecule has 0 amide bonds. The van der Waals surface area contributed by atoms with Crippen LogP contribution in [0.15, 0.2) is 12.1 Å². The van der Waals surface area contributed by atoms with Crippen molar-refractivity contribution in [2.24, 2.45) is 0 Å². The molecule has 0 saturated carbocycles. The molecule has 0 fully saturated rings. The normalized spacial score (nSPS) is 14.4. The summed E-state index contributed by atoms with van der Waals surface area (Å²) >= 11 is 0. The number of methoxy groups -OCH3 is 1.